The van der Waals surface area contributed by atoms with Gasteiger partial charge in [0.05, 0.1) is 24.0 Å². The van der Waals surface area contributed by atoms with E-state index in [1.54, 1.807) is 18.3 Å². The average molecular weight is 221 g/mol. The van der Waals surface area contributed by atoms with E-state index in [1.165, 1.54) is 0 Å². The number of benzene rings is 1. The number of anilines is 1. The van der Waals surface area contributed by atoms with E-state index in [2.05, 4.69) is 20.3 Å². The Kier molecular flexibility index (Phi) is 3.02. The molecule has 3 N–H and O–H groups in total. The lowest BCUT2D eigenvalue weighted by molar-refractivity contribution is 0.131. The molecule has 6 heteroatoms. The quantitative estimate of drug-likeness (QED) is 0.724. The summed E-state index contributed by atoms with van der Waals surface area (Å²) in [4.78, 5) is 11.3. The number of H-pyrrole nitrogens is 1. The highest BCUT2D eigenvalue weighted by Crippen LogP contribution is 2.20. The first-order chi connectivity index (χ1) is 7.81. The van der Waals surface area contributed by atoms with E-state index in [9.17, 15) is 4.79 Å². The van der Waals surface area contributed by atoms with E-state index in [4.69, 9.17) is 5.11 Å². The predicted octanol–water partition coefficient (Wildman–Crippen LogP) is 1.10. The first-order valence-corrected chi connectivity index (χ1v) is 4.78. The van der Waals surface area contributed by atoms with Gasteiger partial charge in [-0.15, -0.1) is 0 Å². The van der Waals surface area contributed by atoms with Gasteiger partial charge in [0, 0.05) is 5.39 Å². The Balaban J connectivity index is 2.14. The molecular formula is C10H11N3O3. The van der Waals surface area contributed by atoms with Gasteiger partial charge in [-0.1, -0.05) is 12.1 Å². The second-order valence-corrected chi connectivity index (χ2v) is 3.12. The molecule has 0 aliphatic carbocycles. The number of rotatable bonds is 3. The van der Waals surface area contributed by atoms with Gasteiger partial charge in [0.2, 0.25) is 0 Å². The third-order valence-corrected chi connectivity index (χ3v) is 2.04. The van der Waals surface area contributed by atoms with Gasteiger partial charge < -0.3 is 9.84 Å². The summed E-state index contributed by atoms with van der Waals surface area (Å²) in [5.74, 6) is 0. The molecule has 16 heavy (non-hydrogen) atoms. The smallest absolute Gasteiger partial charge is 0.411 e. The molecule has 0 spiro atoms. The molecule has 0 unspecified atom stereocenters. The highest BCUT2D eigenvalue weighted by molar-refractivity contribution is 5.97. The maximum Gasteiger partial charge on any atom is 0.411 e. The van der Waals surface area contributed by atoms with Crippen molar-refractivity contribution >= 4 is 22.7 Å². The van der Waals surface area contributed by atoms with Gasteiger partial charge in [-0.2, -0.15) is 5.10 Å². The molecule has 0 saturated carbocycles. The highest BCUT2D eigenvalue weighted by atomic mass is 16.6. The van der Waals surface area contributed by atoms with Crippen LogP contribution < -0.4 is 5.32 Å². The van der Waals surface area contributed by atoms with Gasteiger partial charge in [0.15, 0.2) is 0 Å². The van der Waals surface area contributed by atoms with Gasteiger partial charge in [-0.05, 0) is 6.07 Å². The maximum absolute atomic E-state index is 11.3. The summed E-state index contributed by atoms with van der Waals surface area (Å²) in [5.41, 5.74) is 1.33. The molecule has 0 bridgehead atoms. The molecule has 2 aromatic rings. The number of para-hydroxylation sites is 1. The molecular weight excluding hydrogens is 210 g/mol. The van der Waals surface area contributed by atoms with Gasteiger partial charge >= 0.3 is 6.09 Å². The van der Waals surface area contributed by atoms with Crippen LogP contribution in [0.15, 0.2) is 24.4 Å². The van der Waals surface area contributed by atoms with E-state index >= 15 is 0 Å². The number of nitrogens with one attached hydrogen (secondary N) is 2. The van der Waals surface area contributed by atoms with Crippen molar-refractivity contribution < 1.29 is 14.6 Å². The summed E-state index contributed by atoms with van der Waals surface area (Å²) in [6.07, 6.45) is 1.07. The molecule has 0 saturated heterocycles. The lowest BCUT2D eigenvalue weighted by Gasteiger charge is -2.06. The minimum absolute atomic E-state index is 0.0230. The number of amides is 1. The van der Waals surface area contributed by atoms with Crippen LogP contribution in [0.5, 0.6) is 0 Å². The minimum Gasteiger partial charge on any atom is -0.447 e. The molecule has 1 aromatic carbocycles. The number of fused-ring (bicyclic) bond motifs is 1. The van der Waals surface area contributed by atoms with Crippen molar-refractivity contribution in [2.75, 3.05) is 18.5 Å². The van der Waals surface area contributed by atoms with Crippen molar-refractivity contribution in [3.05, 3.63) is 24.4 Å². The van der Waals surface area contributed by atoms with Crippen LogP contribution in [-0.4, -0.2) is 34.6 Å². The molecule has 0 atom stereocenters. The van der Waals surface area contributed by atoms with Crippen LogP contribution in [-0.2, 0) is 4.74 Å². The Morgan fingerprint density at radius 1 is 1.56 bits per heavy atom. The molecule has 6 nitrogen and oxygen atoms in total. The van der Waals surface area contributed by atoms with E-state index < -0.39 is 6.09 Å². The third-order valence-electron chi connectivity index (χ3n) is 2.04. The second kappa shape index (κ2) is 4.63. The number of carbonyl (C=O) groups is 1. The molecule has 0 radical (unpaired) electrons. The Bertz CT molecular complexity index is 495. The molecule has 1 amide bonds. The Morgan fingerprint density at radius 2 is 2.44 bits per heavy atom. The van der Waals surface area contributed by atoms with Crippen LogP contribution in [0.1, 0.15) is 0 Å². The lowest BCUT2D eigenvalue weighted by Crippen LogP contribution is -2.15. The SMILES string of the molecule is O=C(Nc1cccc2cn[nH]c12)OCCO. The molecule has 1 heterocycles. The predicted molar refractivity (Wildman–Crippen MR) is 58.2 cm³/mol. The fourth-order valence-corrected chi connectivity index (χ4v) is 1.36. The number of aliphatic hydroxyl groups is 1. The summed E-state index contributed by atoms with van der Waals surface area (Å²) in [7, 11) is 0. The zero-order valence-electron chi connectivity index (χ0n) is 8.43. The van der Waals surface area contributed by atoms with E-state index in [0.29, 0.717) is 5.69 Å². The van der Waals surface area contributed by atoms with Gasteiger partial charge in [0.1, 0.15) is 6.61 Å². The molecule has 0 fully saturated rings. The van der Waals surface area contributed by atoms with Crippen molar-refractivity contribution in [1.29, 1.82) is 0 Å². The van der Waals surface area contributed by atoms with Crippen LogP contribution >= 0.6 is 0 Å². The summed E-state index contributed by atoms with van der Waals surface area (Å²) >= 11 is 0. The largest absolute Gasteiger partial charge is 0.447 e. The van der Waals surface area contributed by atoms with Gasteiger partial charge in [-0.3, -0.25) is 10.4 Å². The zero-order valence-corrected chi connectivity index (χ0v) is 8.43. The summed E-state index contributed by atoms with van der Waals surface area (Å²) in [6.45, 7) is -0.216. The van der Waals surface area contributed by atoms with E-state index in [-0.39, 0.29) is 13.2 Å². The lowest BCUT2D eigenvalue weighted by atomic mass is 10.2. The standard InChI is InChI=1S/C10H11N3O3/c14-4-5-16-10(15)12-8-3-1-2-7-6-11-13-9(7)8/h1-3,6,14H,4-5H2,(H,11,13)(H,12,15). The highest BCUT2D eigenvalue weighted by Gasteiger charge is 2.06. The van der Waals surface area contributed by atoms with Crippen molar-refractivity contribution in [2.24, 2.45) is 0 Å². The number of aromatic amines is 1. The van der Waals surface area contributed by atoms with Crippen LogP contribution in [0.25, 0.3) is 10.9 Å². The second-order valence-electron chi connectivity index (χ2n) is 3.12. The Hall–Kier alpha value is -2.08. The van der Waals surface area contributed by atoms with Crippen molar-refractivity contribution in [3.63, 3.8) is 0 Å². The molecule has 1 aromatic heterocycles. The first-order valence-electron chi connectivity index (χ1n) is 4.78. The number of ether oxygens (including phenoxy) is 1. The monoisotopic (exact) mass is 221 g/mol. The Morgan fingerprint density at radius 3 is 3.25 bits per heavy atom. The van der Waals surface area contributed by atoms with E-state index in [1.807, 2.05) is 6.07 Å². The molecule has 0 aliphatic rings. The van der Waals surface area contributed by atoms with Crippen molar-refractivity contribution in [1.82, 2.24) is 10.2 Å². The third kappa shape index (κ3) is 2.12. The Labute approximate surface area is 91.2 Å². The summed E-state index contributed by atoms with van der Waals surface area (Å²) in [5, 5.41) is 18.6. The van der Waals surface area contributed by atoms with Crippen molar-refractivity contribution in [2.45, 2.75) is 0 Å². The van der Waals surface area contributed by atoms with Crippen LogP contribution in [0.3, 0.4) is 0 Å². The minimum atomic E-state index is -0.601. The van der Waals surface area contributed by atoms with Crippen LogP contribution in [0.4, 0.5) is 10.5 Å². The number of aliphatic hydroxyl groups excluding tert-OH is 1. The number of carbonyl (C=O) groups excluding carboxylic acids is 1. The molecule has 0 aliphatic heterocycles. The summed E-state index contributed by atoms with van der Waals surface area (Å²) < 4.78 is 4.69. The van der Waals surface area contributed by atoms with Crippen LogP contribution in [0, 0.1) is 0 Å². The first kappa shape index (κ1) is 10.4. The number of hydrogen-bond donors (Lipinski definition) is 3. The number of aromatic nitrogens is 2. The summed E-state index contributed by atoms with van der Waals surface area (Å²) in [6, 6.07) is 5.42. The molecule has 2 rings (SSSR count). The average Bonchev–Trinajstić information content (AvgIpc) is 2.75. The molecule has 84 valence electrons. The zero-order chi connectivity index (χ0) is 11.4. The number of hydrogen-bond acceptors (Lipinski definition) is 4. The van der Waals surface area contributed by atoms with Crippen molar-refractivity contribution in [3.8, 4) is 0 Å². The fraction of sp³-hybridized carbons (Fsp3) is 0.200. The topological polar surface area (TPSA) is 87.2 Å². The fourth-order valence-electron chi connectivity index (χ4n) is 1.36. The van der Waals surface area contributed by atoms with Gasteiger partial charge in [0.25, 0.3) is 0 Å². The number of nitrogens with zero attached hydrogens (tertiary/aromatic N) is 1. The maximum atomic E-state index is 11.3. The van der Waals surface area contributed by atoms with Gasteiger partial charge in [-0.25, -0.2) is 4.79 Å². The van der Waals surface area contributed by atoms with Crippen LogP contribution in [0.2, 0.25) is 0 Å². The van der Waals surface area contributed by atoms with E-state index in [0.717, 1.165) is 10.9 Å². The normalized spacial score (nSPS) is 10.3.